The maximum atomic E-state index is 12.1. The quantitative estimate of drug-likeness (QED) is 0.0245. The van der Waals surface area contributed by atoms with Crippen LogP contribution in [0.5, 0.6) is 0 Å². The minimum Gasteiger partial charge on any atom is -0.463 e. The molecule has 0 radical (unpaired) electrons. The van der Waals surface area contributed by atoms with Crippen LogP contribution in [-0.4, -0.2) is 54.3 Å². The molecule has 9 nitrogen and oxygen atoms in total. The summed E-state index contributed by atoms with van der Waals surface area (Å²) in [6, 6.07) is 0. The van der Waals surface area contributed by atoms with Crippen LogP contribution < -0.4 is 5.32 Å². The zero-order chi connectivity index (χ0) is 38.9. The predicted molar refractivity (Wildman–Crippen MR) is 220 cm³/mol. The van der Waals surface area contributed by atoms with Gasteiger partial charge in [0.15, 0.2) is 0 Å². The first-order valence-electron chi connectivity index (χ1n) is 20.8. The number of nitrogens with one attached hydrogen (secondary N) is 1. The molecular weight excluding hydrogens is 689 g/mol. The zero-order valence-electron chi connectivity index (χ0n) is 33.4. The molecule has 0 heterocycles. The van der Waals surface area contributed by atoms with Crippen LogP contribution in [0.4, 0.5) is 0 Å². The molecule has 0 saturated heterocycles. The van der Waals surface area contributed by atoms with Gasteiger partial charge in [-0.2, -0.15) is 0 Å². The number of carbonyl (C=O) groups excluding carboxylic acids is 2. The number of carbonyl (C=O) groups is 2. The molecular formula is C43H76NO8P. The fourth-order valence-electron chi connectivity index (χ4n) is 5.31. The van der Waals surface area contributed by atoms with E-state index in [1.165, 1.54) is 51.4 Å². The lowest BCUT2D eigenvalue weighted by atomic mass is 10.1. The Balaban J connectivity index is 3.65. The highest BCUT2D eigenvalue weighted by Crippen LogP contribution is 2.42. The molecule has 2 atom stereocenters. The second kappa shape index (κ2) is 39.4. The molecule has 0 spiro atoms. The molecule has 1 amide bonds. The van der Waals surface area contributed by atoms with Crippen LogP contribution >= 0.6 is 7.82 Å². The summed E-state index contributed by atoms with van der Waals surface area (Å²) in [6.45, 7) is 3.37. The summed E-state index contributed by atoms with van der Waals surface area (Å²) in [4.78, 5) is 33.9. The largest absolute Gasteiger partial charge is 0.472 e. The molecule has 0 fully saturated rings. The highest BCUT2D eigenvalue weighted by Gasteiger charge is 2.23. The molecule has 10 heteroatoms. The number of esters is 1. The monoisotopic (exact) mass is 766 g/mol. The lowest BCUT2D eigenvalue weighted by Crippen LogP contribution is -2.27. The molecule has 2 unspecified atom stereocenters. The Morgan fingerprint density at radius 2 is 1.08 bits per heavy atom. The summed E-state index contributed by atoms with van der Waals surface area (Å²) < 4.78 is 26.8. The van der Waals surface area contributed by atoms with Crippen molar-refractivity contribution in [2.45, 2.75) is 174 Å². The van der Waals surface area contributed by atoms with Gasteiger partial charge in [0, 0.05) is 19.4 Å². The topological polar surface area (TPSA) is 131 Å². The number of hydrogen-bond acceptors (Lipinski definition) is 7. The van der Waals surface area contributed by atoms with Gasteiger partial charge in [-0.25, -0.2) is 4.57 Å². The minimum atomic E-state index is -4.42. The van der Waals surface area contributed by atoms with Gasteiger partial charge >= 0.3 is 13.8 Å². The highest BCUT2D eigenvalue weighted by molar-refractivity contribution is 7.47. The standard InChI is InChI=1S/C43H76NO8P/c1-3-5-7-9-11-13-15-17-19-20-22-23-25-27-29-31-33-35-42(46)44-37-38-51-53(48,49)52-40-41(45)39-50-43(47)36-34-32-30-28-26-24-21-18-16-14-12-10-8-6-4-2/h5,7,11-14,17-19,21,41,45H,3-4,6,8-10,15-16,20,22-40H2,1-2H3,(H,44,46)(H,48,49)/b7-5-,13-11-,14-12-,19-17-,21-18-. The van der Waals surface area contributed by atoms with Gasteiger partial charge in [0.2, 0.25) is 5.91 Å². The number of unbranched alkanes of at least 4 members (excludes halogenated alkanes) is 15. The molecule has 0 aliphatic heterocycles. The summed E-state index contributed by atoms with van der Waals surface area (Å²) >= 11 is 0. The average molecular weight is 766 g/mol. The predicted octanol–water partition coefficient (Wildman–Crippen LogP) is 11.3. The van der Waals surface area contributed by atoms with E-state index in [0.29, 0.717) is 6.42 Å². The van der Waals surface area contributed by atoms with Crippen LogP contribution in [0.15, 0.2) is 60.8 Å². The number of allylic oxidation sites excluding steroid dienone is 10. The molecule has 0 rings (SSSR count). The van der Waals surface area contributed by atoms with Gasteiger partial charge in [0.05, 0.1) is 13.2 Å². The van der Waals surface area contributed by atoms with Crippen LogP contribution in [0.3, 0.4) is 0 Å². The van der Waals surface area contributed by atoms with Crippen molar-refractivity contribution in [3.8, 4) is 0 Å². The van der Waals surface area contributed by atoms with Gasteiger partial charge in [0.1, 0.15) is 12.7 Å². The SMILES string of the molecule is CC/C=C\C/C=C\C/C=C\CCCCCCCCCC(=O)NCCOP(=O)(O)OCC(O)COC(=O)CCCCCCC/C=C\C/C=C\CCCCC. The molecule has 3 N–H and O–H groups in total. The van der Waals surface area contributed by atoms with Crippen LogP contribution in [0.25, 0.3) is 0 Å². The van der Waals surface area contributed by atoms with Crippen LogP contribution in [0, 0.1) is 0 Å². The van der Waals surface area contributed by atoms with Crippen LogP contribution in [0.1, 0.15) is 168 Å². The van der Waals surface area contributed by atoms with E-state index in [1.54, 1.807) is 0 Å². The van der Waals surface area contributed by atoms with Crippen LogP contribution in [0.2, 0.25) is 0 Å². The second-order valence-corrected chi connectivity index (χ2v) is 15.0. The fourth-order valence-corrected chi connectivity index (χ4v) is 6.06. The van der Waals surface area contributed by atoms with Gasteiger partial charge in [-0.15, -0.1) is 0 Å². The van der Waals surface area contributed by atoms with E-state index < -0.39 is 26.5 Å². The van der Waals surface area contributed by atoms with Crippen molar-refractivity contribution in [2.24, 2.45) is 0 Å². The third-order valence-electron chi connectivity index (χ3n) is 8.43. The smallest absolute Gasteiger partial charge is 0.463 e. The molecule has 0 aliphatic rings. The first-order valence-corrected chi connectivity index (χ1v) is 22.3. The lowest BCUT2D eigenvalue weighted by Gasteiger charge is -2.15. The van der Waals surface area contributed by atoms with Crippen LogP contribution in [-0.2, 0) is 27.9 Å². The summed E-state index contributed by atoms with van der Waals surface area (Å²) in [5, 5.41) is 12.7. The number of hydrogen-bond donors (Lipinski definition) is 3. The maximum Gasteiger partial charge on any atom is 0.472 e. The van der Waals surface area contributed by atoms with E-state index in [4.69, 9.17) is 13.8 Å². The van der Waals surface area contributed by atoms with E-state index in [9.17, 15) is 24.2 Å². The first-order chi connectivity index (χ1) is 25.8. The van der Waals surface area contributed by atoms with Crippen molar-refractivity contribution in [3.63, 3.8) is 0 Å². The van der Waals surface area contributed by atoms with Gasteiger partial charge in [-0.3, -0.25) is 18.6 Å². The number of rotatable bonds is 38. The lowest BCUT2D eigenvalue weighted by molar-refractivity contribution is -0.147. The summed E-state index contributed by atoms with van der Waals surface area (Å²) in [5.41, 5.74) is 0. The molecule has 306 valence electrons. The van der Waals surface area contributed by atoms with Crippen molar-refractivity contribution < 1.29 is 37.9 Å². The Labute approximate surface area is 323 Å². The van der Waals surface area contributed by atoms with Gasteiger partial charge in [-0.05, 0) is 77.0 Å². The Bertz CT molecular complexity index is 1050. The Morgan fingerprint density at radius 3 is 1.62 bits per heavy atom. The number of phosphoric ester groups is 1. The third-order valence-corrected chi connectivity index (χ3v) is 9.42. The normalized spacial score (nSPS) is 14.0. The molecule has 53 heavy (non-hydrogen) atoms. The van der Waals surface area contributed by atoms with Crippen molar-refractivity contribution in [1.82, 2.24) is 5.32 Å². The van der Waals surface area contributed by atoms with Crippen molar-refractivity contribution in [3.05, 3.63) is 60.8 Å². The summed E-state index contributed by atoms with van der Waals surface area (Å²) in [6.07, 6.45) is 45.7. The van der Waals surface area contributed by atoms with E-state index in [0.717, 1.165) is 89.9 Å². The van der Waals surface area contributed by atoms with Gasteiger partial charge < -0.3 is 20.1 Å². The number of aliphatic hydroxyl groups excluding tert-OH is 1. The molecule has 0 aromatic rings. The van der Waals surface area contributed by atoms with Crippen molar-refractivity contribution >= 4 is 19.7 Å². The van der Waals surface area contributed by atoms with Crippen molar-refractivity contribution in [1.29, 1.82) is 0 Å². The Kier molecular flexibility index (Phi) is 37.7. The summed E-state index contributed by atoms with van der Waals surface area (Å²) in [5.74, 6) is -0.544. The van der Waals surface area contributed by atoms with E-state index in [2.05, 4.69) is 79.9 Å². The third kappa shape index (κ3) is 40.7. The van der Waals surface area contributed by atoms with Crippen molar-refractivity contribution in [2.75, 3.05) is 26.4 Å². The van der Waals surface area contributed by atoms with E-state index in [-0.39, 0.29) is 32.1 Å². The first kappa shape index (κ1) is 50.7. The molecule has 0 aromatic carbocycles. The van der Waals surface area contributed by atoms with Gasteiger partial charge in [0.25, 0.3) is 0 Å². The van der Waals surface area contributed by atoms with Gasteiger partial charge in [-0.1, -0.05) is 139 Å². The number of aliphatic hydroxyl groups is 1. The molecule has 0 aromatic heterocycles. The number of phosphoric acid groups is 1. The van der Waals surface area contributed by atoms with E-state index >= 15 is 0 Å². The number of amides is 1. The zero-order valence-corrected chi connectivity index (χ0v) is 34.3. The Hall–Kier alpha value is -2.29. The molecule has 0 bridgehead atoms. The highest BCUT2D eigenvalue weighted by atomic mass is 31.2. The fraction of sp³-hybridized carbons (Fsp3) is 0.721. The van der Waals surface area contributed by atoms with E-state index in [1.807, 2.05) is 0 Å². The summed E-state index contributed by atoms with van der Waals surface area (Å²) in [7, 11) is -4.42. The average Bonchev–Trinajstić information content (AvgIpc) is 3.14. The molecule has 0 aliphatic carbocycles. The Morgan fingerprint density at radius 1 is 0.604 bits per heavy atom. The molecule has 0 saturated carbocycles. The maximum absolute atomic E-state index is 12.1. The number of ether oxygens (including phenoxy) is 1. The minimum absolute atomic E-state index is 0.0715. The second-order valence-electron chi connectivity index (χ2n) is 13.6.